The van der Waals surface area contributed by atoms with Crippen molar-refractivity contribution in [3.63, 3.8) is 0 Å². The molecule has 2 aliphatic carbocycles. The number of amides is 6. The highest BCUT2D eigenvalue weighted by Crippen LogP contribution is 2.47. The minimum absolute atomic E-state index is 0.0153. The van der Waals surface area contributed by atoms with E-state index >= 15 is 4.39 Å². The van der Waals surface area contributed by atoms with Crippen LogP contribution in [-0.4, -0.2) is 118 Å². The van der Waals surface area contributed by atoms with Crippen molar-refractivity contribution in [2.24, 2.45) is 0 Å². The number of aromatic nitrogens is 2. The smallest absolute Gasteiger partial charge is 0.407 e. The minimum atomic E-state index is -2.10. The SMILES string of the molecule is CC[C@@]1(O)C(=O)OCc2c1cc1n(c2=O)Cc2c-1nc1cc(F)c(C)c3c1c2[C@@H](NC(=O)[C@H](COC(C)(C)C)NC(=O)[C@H](Cc1ccccc1)NC(=O)CNC(=O)CNC(=O)[C@H](CC(=O)OC(C)(C)C)NC(=O)OCC1c2ccccc2-c2ccccc21)CC3. The minimum Gasteiger partial charge on any atom is -0.460 e. The highest BCUT2D eigenvalue weighted by molar-refractivity contribution is 5.97. The number of nitrogens with one attached hydrogen (secondary N) is 6. The first-order chi connectivity index (χ1) is 42.7. The quantitative estimate of drug-likeness (QED) is 0.0365. The van der Waals surface area contributed by atoms with E-state index in [9.17, 15) is 48.3 Å². The van der Waals surface area contributed by atoms with Gasteiger partial charge in [-0.15, -0.1) is 0 Å². The van der Waals surface area contributed by atoms with E-state index in [0.717, 1.165) is 22.3 Å². The van der Waals surface area contributed by atoms with E-state index in [1.165, 1.54) is 10.6 Å². The lowest BCUT2D eigenvalue weighted by atomic mass is 9.81. The Morgan fingerprint density at radius 2 is 1.44 bits per heavy atom. The van der Waals surface area contributed by atoms with E-state index in [-0.39, 0.29) is 73.9 Å². The number of halogens is 1. The monoisotopic (exact) mass is 1230 g/mol. The number of pyridine rings is 2. The second-order valence-corrected chi connectivity index (χ2v) is 25.0. The van der Waals surface area contributed by atoms with E-state index < -0.39 is 119 Å². The van der Waals surface area contributed by atoms with Crippen molar-refractivity contribution in [2.45, 2.75) is 148 Å². The van der Waals surface area contributed by atoms with Gasteiger partial charge in [0.25, 0.3) is 5.56 Å². The normalized spacial score (nSPS) is 17.2. The van der Waals surface area contributed by atoms with Crippen molar-refractivity contribution in [1.29, 1.82) is 0 Å². The molecular weight excluding hydrogens is 1160 g/mol. The van der Waals surface area contributed by atoms with Gasteiger partial charge in [0.1, 0.15) is 42.8 Å². The molecule has 5 atom stereocenters. The Hall–Kier alpha value is -9.35. The van der Waals surface area contributed by atoms with Gasteiger partial charge in [-0.2, -0.15) is 0 Å². The van der Waals surface area contributed by atoms with Crippen molar-refractivity contribution in [3.05, 3.63) is 157 Å². The number of aliphatic hydroxyl groups is 1. The van der Waals surface area contributed by atoms with Crippen LogP contribution in [0.2, 0.25) is 0 Å². The van der Waals surface area contributed by atoms with Crippen LogP contribution in [-0.2, 0) is 84.1 Å². The van der Waals surface area contributed by atoms with Crippen LogP contribution in [0, 0.1) is 12.7 Å². The van der Waals surface area contributed by atoms with Crippen molar-refractivity contribution in [3.8, 4) is 22.5 Å². The Morgan fingerprint density at radius 3 is 2.11 bits per heavy atom. The molecule has 6 amide bonds. The zero-order valence-corrected chi connectivity index (χ0v) is 51.4. The van der Waals surface area contributed by atoms with Crippen molar-refractivity contribution >= 4 is 58.5 Å². The fraction of sp³-hybridized carbons (Fsp3) is 0.403. The molecule has 4 heterocycles. The van der Waals surface area contributed by atoms with Crippen LogP contribution >= 0.6 is 0 Å². The number of fused-ring (bicyclic) bond motifs is 8. The number of cyclic esters (lactones) is 1. The maximum atomic E-state index is 15.8. The van der Waals surface area contributed by atoms with Crippen molar-refractivity contribution < 1.29 is 66.8 Å². The summed E-state index contributed by atoms with van der Waals surface area (Å²) in [7, 11) is 0. The number of rotatable bonds is 20. The molecule has 0 saturated carbocycles. The van der Waals surface area contributed by atoms with Gasteiger partial charge >= 0.3 is 18.0 Å². The highest BCUT2D eigenvalue weighted by Gasteiger charge is 2.46. The Bertz CT molecular complexity index is 3900. The molecule has 0 bridgehead atoms. The fourth-order valence-corrected chi connectivity index (χ4v) is 12.1. The number of nitrogens with zero attached hydrogens (tertiary/aromatic N) is 2. The molecule has 0 radical (unpaired) electrons. The van der Waals surface area contributed by atoms with Gasteiger partial charge in [0.2, 0.25) is 29.5 Å². The molecule has 10 rings (SSSR count). The molecule has 7 N–H and O–H groups in total. The summed E-state index contributed by atoms with van der Waals surface area (Å²) in [4.78, 5) is 129. The first-order valence-electron chi connectivity index (χ1n) is 30.0. The van der Waals surface area contributed by atoms with Gasteiger partial charge in [0, 0.05) is 34.9 Å². The van der Waals surface area contributed by atoms with Crippen LogP contribution in [0.25, 0.3) is 33.4 Å². The molecule has 0 unspecified atom stereocenters. The van der Waals surface area contributed by atoms with Crippen LogP contribution in [0.3, 0.4) is 0 Å². The summed E-state index contributed by atoms with van der Waals surface area (Å²) >= 11 is 0. The summed E-state index contributed by atoms with van der Waals surface area (Å²) in [5.41, 5.74) is 3.48. The number of carbonyl (C=O) groups is 8. The predicted octanol–water partition coefficient (Wildman–Crippen LogP) is 5.53. The second-order valence-electron chi connectivity index (χ2n) is 25.0. The maximum absolute atomic E-state index is 15.8. The van der Waals surface area contributed by atoms with Gasteiger partial charge in [0.05, 0.1) is 66.8 Å². The molecule has 2 aliphatic heterocycles. The van der Waals surface area contributed by atoms with E-state index in [2.05, 4.69) is 31.9 Å². The molecular formula is C67H73FN8O14. The zero-order valence-electron chi connectivity index (χ0n) is 51.4. The molecule has 4 aliphatic rings. The summed E-state index contributed by atoms with van der Waals surface area (Å²) < 4.78 is 39.7. The number of alkyl carbamates (subject to hydrolysis) is 1. The van der Waals surface area contributed by atoms with Crippen molar-refractivity contribution in [1.82, 2.24) is 41.5 Å². The summed E-state index contributed by atoms with van der Waals surface area (Å²) in [6.45, 7) is 11.3. The third kappa shape index (κ3) is 13.5. The van der Waals surface area contributed by atoms with Gasteiger partial charge in [0.15, 0.2) is 5.60 Å². The Labute approximate surface area is 518 Å². The lowest BCUT2D eigenvalue weighted by Gasteiger charge is -2.32. The molecule has 4 aromatic carbocycles. The topological polar surface area (TPSA) is 301 Å². The van der Waals surface area contributed by atoms with Gasteiger partial charge < -0.3 is 60.5 Å². The van der Waals surface area contributed by atoms with Crippen LogP contribution in [0.1, 0.15) is 130 Å². The van der Waals surface area contributed by atoms with Crippen LogP contribution < -0.4 is 37.5 Å². The second kappa shape index (κ2) is 25.6. The zero-order chi connectivity index (χ0) is 64.6. The van der Waals surface area contributed by atoms with E-state index in [0.29, 0.717) is 45.3 Å². The number of aryl methyl sites for hydroxylation is 1. The van der Waals surface area contributed by atoms with Crippen molar-refractivity contribution in [2.75, 3.05) is 26.3 Å². The number of hydrogen-bond acceptors (Lipinski definition) is 15. The largest absolute Gasteiger partial charge is 0.460 e. The summed E-state index contributed by atoms with van der Waals surface area (Å²) in [6.07, 6.45) is -1.17. The predicted molar refractivity (Wildman–Crippen MR) is 327 cm³/mol. The van der Waals surface area contributed by atoms with Gasteiger partial charge in [-0.3, -0.25) is 33.6 Å². The number of carbonyl (C=O) groups excluding carboxylic acids is 8. The lowest BCUT2D eigenvalue weighted by Crippen LogP contribution is -2.57. The average Bonchev–Trinajstić information content (AvgIpc) is 1.46. The number of esters is 2. The number of ether oxygens (including phenoxy) is 4. The van der Waals surface area contributed by atoms with E-state index in [1.54, 1.807) is 91.8 Å². The average molecular weight is 1230 g/mol. The molecule has 6 aromatic rings. The Morgan fingerprint density at radius 1 is 0.778 bits per heavy atom. The molecule has 90 heavy (non-hydrogen) atoms. The maximum Gasteiger partial charge on any atom is 0.407 e. The first-order valence-corrected chi connectivity index (χ1v) is 30.0. The molecule has 0 spiro atoms. The van der Waals surface area contributed by atoms with Crippen LogP contribution in [0.5, 0.6) is 0 Å². The summed E-state index contributed by atoms with van der Waals surface area (Å²) in [6, 6.07) is 22.0. The van der Waals surface area contributed by atoms with E-state index in [4.69, 9.17) is 23.9 Å². The molecule has 0 fully saturated rings. The van der Waals surface area contributed by atoms with Gasteiger partial charge in [-0.1, -0.05) is 85.8 Å². The molecule has 23 heteroatoms. The lowest BCUT2D eigenvalue weighted by molar-refractivity contribution is -0.172. The summed E-state index contributed by atoms with van der Waals surface area (Å²) in [5, 5.41) is 28.0. The van der Waals surface area contributed by atoms with Crippen LogP contribution in [0.4, 0.5) is 9.18 Å². The molecule has 22 nitrogen and oxygen atoms in total. The summed E-state index contributed by atoms with van der Waals surface area (Å²) in [5.74, 6) is -6.56. The number of hydrogen-bond donors (Lipinski definition) is 7. The third-order valence-corrected chi connectivity index (χ3v) is 16.6. The van der Waals surface area contributed by atoms with Gasteiger partial charge in [-0.05, 0) is 118 Å². The Kier molecular flexibility index (Phi) is 18.1. The molecule has 2 aromatic heterocycles. The van der Waals surface area contributed by atoms with Gasteiger partial charge in [-0.25, -0.2) is 19.0 Å². The van der Waals surface area contributed by atoms with E-state index in [1.807, 2.05) is 48.5 Å². The fourth-order valence-electron chi connectivity index (χ4n) is 12.1. The standard InChI is InChI=1S/C67H73FN8O14/c1-9-67(86)45-26-52-58-42(31-76(52)62(83)44(45)33-87-63(67)84)57-47(24-23-37-35(2)46(68)27-48(72-58)56(37)57)73-61(82)51(34-89-65(3,4)5)74-60(81)49(25-36-17-11-10-12-18-36)71-54(78)30-69-53(77)29-70-59(80)50(28-55(79)90-66(6,7)8)75-64(85)88-32-43-40-21-15-13-19-38(40)39-20-14-16-22-41(39)43/h10-22,26-27,43,47,49-51,86H,9,23-25,28-34H2,1-8H3,(H,69,77)(H,70,80)(H,71,78)(H,73,82)(H,74,81)(H,75,85)/t47-,49-,50-,51-,67-/m0/s1. The molecule has 472 valence electrons. The highest BCUT2D eigenvalue weighted by atomic mass is 19.1. The third-order valence-electron chi connectivity index (χ3n) is 16.6. The molecule has 0 saturated heterocycles. The number of benzene rings is 4. The first kappa shape index (κ1) is 63.7. The van der Waals surface area contributed by atoms with Crippen LogP contribution in [0.15, 0.2) is 95.8 Å². The Balaban J connectivity index is 0.822.